The Balaban J connectivity index is 1.12. The van der Waals surface area contributed by atoms with Crippen molar-refractivity contribution in [2.24, 2.45) is 0 Å². The molecule has 0 aliphatic carbocycles. The topological polar surface area (TPSA) is 6.48 Å². The van der Waals surface area contributed by atoms with Crippen LogP contribution in [0.4, 0.5) is 34.1 Å². The van der Waals surface area contributed by atoms with E-state index >= 15 is 0 Å². The highest BCUT2D eigenvalue weighted by Crippen LogP contribution is 2.51. The first-order valence-corrected chi connectivity index (χ1v) is 25.5. The number of hydrogen-bond acceptors (Lipinski definition) is 4. The van der Waals surface area contributed by atoms with Crippen LogP contribution in [0.15, 0.2) is 255 Å². The number of anilines is 6. The summed E-state index contributed by atoms with van der Waals surface area (Å²) in [6.07, 6.45) is 0. The van der Waals surface area contributed by atoms with Crippen molar-refractivity contribution in [1.82, 2.24) is 0 Å². The normalized spacial score (nSPS) is 11.7. The fourth-order valence-electron chi connectivity index (χ4n) is 10.8. The Morgan fingerprint density at radius 1 is 0.243 bits per heavy atom. The van der Waals surface area contributed by atoms with Gasteiger partial charge >= 0.3 is 0 Å². The second-order valence-electron chi connectivity index (χ2n) is 18.0. The minimum atomic E-state index is 1.08. The van der Waals surface area contributed by atoms with Crippen LogP contribution in [0.2, 0.25) is 0 Å². The van der Waals surface area contributed by atoms with E-state index in [0.29, 0.717) is 0 Å². The van der Waals surface area contributed by atoms with Crippen molar-refractivity contribution >= 4 is 129 Å². The summed E-state index contributed by atoms with van der Waals surface area (Å²) in [5.41, 5.74) is 11.3. The molecule has 0 aliphatic rings. The van der Waals surface area contributed by atoms with Crippen LogP contribution in [0.25, 0.3) is 94.9 Å². The lowest BCUT2D eigenvalue weighted by Crippen LogP contribution is -2.13. The Bertz CT molecular complexity index is 4310. The molecule has 14 rings (SSSR count). The molecule has 2 heterocycles. The molecule has 0 bridgehead atoms. The van der Waals surface area contributed by atoms with Crippen LogP contribution in [0.3, 0.4) is 0 Å². The van der Waals surface area contributed by atoms with Crippen LogP contribution < -0.4 is 9.80 Å². The molecule has 0 saturated heterocycles. The van der Waals surface area contributed by atoms with E-state index in [1.54, 1.807) is 0 Å². The van der Waals surface area contributed by atoms with Gasteiger partial charge in [0.15, 0.2) is 0 Å². The summed E-state index contributed by atoms with van der Waals surface area (Å²) in [7, 11) is 0. The number of fused-ring (bicyclic) bond motifs is 9. The molecule has 0 saturated carbocycles. The van der Waals surface area contributed by atoms with Gasteiger partial charge in [-0.1, -0.05) is 188 Å². The summed E-state index contributed by atoms with van der Waals surface area (Å²) in [5.74, 6) is 0. The highest BCUT2D eigenvalue weighted by atomic mass is 32.1. The van der Waals surface area contributed by atoms with Crippen molar-refractivity contribution in [3.05, 3.63) is 255 Å². The molecule has 328 valence electrons. The summed E-state index contributed by atoms with van der Waals surface area (Å²) in [5, 5.41) is 12.3. The zero-order valence-electron chi connectivity index (χ0n) is 38.0. The lowest BCUT2D eigenvalue weighted by atomic mass is 9.89. The maximum Gasteiger partial charge on any atom is 0.0541 e. The van der Waals surface area contributed by atoms with E-state index in [1.807, 2.05) is 22.7 Å². The molecular formula is C66H42N2S2. The quantitative estimate of drug-likeness (QED) is 0.150. The van der Waals surface area contributed by atoms with Crippen molar-refractivity contribution in [2.75, 3.05) is 9.80 Å². The summed E-state index contributed by atoms with van der Waals surface area (Å²) in [6.45, 7) is 0. The number of thiophene rings is 2. The summed E-state index contributed by atoms with van der Waals surface area (Å²) >= 11 is 3.72. The second-order valence-corrected chi connectivity index (χ2v) is 20.2. The maximum absolute atomic E-state index is 2.52. The first-order chi connectivity index (χ1) is 34.7. The van der Waals surface area contributed by atoms with E-state index in [9.17, 15) is 0 Å². The molecule has 4 heteroatoms. The Labute approximate surface area is 413 Å². The second kappa shape index (κ2) is 16.6. The molecule has 70 heavy (non-hydrogen) atoms. The SMILES string of the molecule is c1ccc(-c2ccc(N(c3ccc4c(c3)sc3ccccc34)c3cccc4ccccc34)c3cc(N(c4ccc5c(c4)sc4ccccc45)c4cccc5ccccc45)cc(-c4ccccc4)c23)cc1. The smallest absolute Gasteiger partial charge is 0.0541 e. The Kier molecular flexibility index (Phi) is 9.61. The Morgan fingerprint density at radius 3 is 1.27 bits per heavy atom. The highest BCUT2D eigenvalue weighted by Gasteiger charge is 2.25. The molecule has 2 nitrogen and oxygen atoms in total. The standard InChI is InChI=1S/C66H42N2S2/c1-3-17-45(18-4-1)52-37-38-61(68(60-30-16-24-44-22-8-10-26-51(44)60)48-34-36-56-54-28-12-14-32-63(54)70-65(56)42-48)58-40-49(39-57(66(52)58)46-19-5-2-6-20-46)67(59-29-15-23-43-21-7-9-25-50(43)59)47-33-35-55-53-27-11-13-31-62(53)69-64(55)41-47/h1-42H. The van der Waals surface area contributed by atoms with Crippen molar-refractivity contribution in [3.8, 4) is 22.3 Å². The molecule has 0 radical (unpaired) electrons. The molecule has 12 aromatic carbocycles. The van der Waals surface area contributed by atoms with Gasteiger partial charge in [0, 0.05) is 73.6 Å². The van der Waals surface area contributed by atoms with Crippen molar-refractivity contribution in [2.45, 2.75) is 0 Å². The molecule has 0 aliphatic heterocycles. The number of rotatable bonds is 8. The molecule has 0 N–H and O–H groups in total. The highest BCUT2D eigenvalue weighted by molar-refractivity contribution is 7.26. The predicted molar refractivity (Wildman–Crippen MR) is 305 cm³/mol. The third-order valence-electron chi connectivity index (χ3n) is 14.0. The molecule has 14 aromatic rings. The minimum Gasteiger partial charge on any atom is -0.310 e. The van der Waals surface area contributed by atoms with Gasteiger partial charge in [0.1, 0.15) is 0 Å². The molecule has 0 atom stereocenters. The maximum atomic E-state index is 2.52. The minimum absolute atomic E-state index is 1.08. The zero-order chi connectivity index (χ0) is 46.1. The Morgan fingerprint density at radius 2 is 0.686 bits per heavy atom. The zero-order valence-corrected chi connectivity index (χ0v) is 39.6. The van der Waals surface area contributed by atoms with E-state index in [0.717, 1.165) is 45.1 Å². The summed E-state index contributed by atoms with van der Waals surface area (Å²) < 4.78 is 5.12. The predicted octanol–water partition coefficient (Wildman–Crippen LogP) is 20.2. The third kappa shape index (κ3) is 6.68. The molecule has 0 amide bonds. The Hall–Kier alpha value is -8.54. The van der Waals surface area contributed by atoms with E-state index in [4.69, 9.17) is 0 Å². The fourth-order valence-corrected chi connectivity index (χ4v) is 13.1. The van der Waals surface area contributed by atoms with Gasteiger partial charge in [-0.25, -0.2) is 0 Å². The van der Waals surface area contributed by atoms with E-state index in [1.165, 1.54) is 84.0 Å². The van der Waals surface area contributed by atoms with Crippen LogP contribution in [0.1, 0.15) is 0 Å². The van der Waals surface area contributed by atoms with Crippen LogP contribution in [0.5, 0.6) is 0 Å². The summed E-state index contributed by atoms with van der Waals surface area (Å²) in [4.78, 5) is 5.02. The van der Waals surface area contributed by atoms with E-state index in [2.05, 4.69) is 265 Å². The van der Waals surface area contributed by atoms with Crippen molar-refractivity contribution in [1.29, 1.82) is 0 Å². The van der Waals surface area contributed by atoms with Gasteiger partial charge in [-0.2, -0.15) is 0 Å². The number of benzene rings is 12. The largest absolute Gasteiger partial charge is 0.310 e. The van der Waals surface area contributed by atoms with Gasteiger partial charge in [-0.15, -0.1) is 22.7 Å². The van der Waals surface area contributed by atoms with Crippen LogP contribution in [0, 0.1) is 0 Å². The molecular weight excluding hydrogens is 885 g/mol. The van der Waals surface area contributed by atoms with E-state index in [-0.39, 0.29) is 0 Å². The average Bonchev–Trinajstić information content (AvgIpc) is 3.99. The lowest BCUT2D eigenvalue weighted by Gasteiger charge is -2.31. The first kappa shape index (κ1) is 40.5. The van der Waals surface area contributed by atoms with Crippen LogP contribution in [-0.4, -0.2) is 0 Å². The number of hydrogen-bond donors (Lipinski definition) is 0. The molecule has 0 fully saturated rings. The van der Waals surface area contributed by atoms with Gasteiger partial charge in [0.2, 0.25) is 0 Å². The van der Waals surface area contributed by atoms with Crippen molar-refractivity contribution in [3.63, 3.8) is 0 Å². The van der Waals surface area contributed by atoms with Crippen molar-refractivity contribution < 1.29 is 0 Å². The first-order valence-electron chi connectivity index (χ1n) is 23.8. The average molecular weight is 927 g/mol. The van der Waals surface area contributed by atoms with Crippen LogP contribution >= 0.6 is 22.7 Å². The van der Waals surface area contributed by atoms with Gasteiger partial charge in [0.25, 0.3) is 0 Å². The van der Waals surface area contributed by atoms with Gasteiger partial charge in [0.05, 0.1) is 17.1 Å². The summed E-state index contributed by atoms with van der Waals surface area (Å²) in [6, 6.07) is 94.2. The van der Waals surface area contributed by atoms with E-state index < -0.39 is 0 Å². The number of nitrogens with zero attached hydrogens (tertiary/aromatic N) is 2. The molecule has 0 unspecified atom stereocenters. The molecule has 0 spiro atoms. The van der Waals surface area contributed by atoms with Gasteiger partial charge in [-0.3, -0.25) is 0 Å². The lowest BCUT2D eigenvalue weighted by molar-refractivity contribution is 1.30. The third-order valence-corrected chi connectivity index (χ3v) is 16.3. The van der Waals surface area contributed by atoms with Gasteiger partial charge < -0.3 is 9.80 Å². The fraction of sp³-hybridized carbons (Fsp3) is 0. The molecule has 2 aromatic heterocycles. The van der Waals surface area contributed by atoms with Crippen LogP contribution in [-0.2, 0) is 0 Å². The monoisotopic (exact) mass is 926 g/mol. The van der Waals surface area contributed by atoms with Gasteiger partial charge in [-0.05, 0) is 105 Å².